The molecular formula is C16H14N2O. The largest absolute Gasteiger partial charge is 0.473 e. The number of anilines is 1. The second-order valence-electron chi connectivity index (χ2n) is 4.34. The van der Waals surface area contributed by atoms with E-state index in [2.05, 4.69) is 4.98 Å². The second-order valence-corrected chi connectivity index (χ2v) is 4.34. The molecule has 0 aliphatic rings. The zero-order chi connectivity index (χ0) is 13.1. The molecule has 0 unspecified atom stereocenters. The molecule has 1 heterocycles. The molecule has 0 amide bonds. The molecule has 19 heavy (non-hydrogen) atoms. The molecule has 3 heteroatoms. The van der Waals surface area contributed by atoms with Gasteiger partial charge in [-0.05, 0) is 23.8 Å². The van der Waals surface area contributed by atoms with Crippen molar-refractivity contribution in [3.63, 3.8) is 0 Å². The van der Waals surface area contributed by atoms with E-state index in [0.29, 0.717) is 12.5 Å². The Labute approximate surface area is 111 Å². The summed E-state index contributed by atoms with van der Waals surface area (Å²) in [4.78, 5) is 4.45. The van der Waals surface area contributed by atoms with Crippen molar-refractivity contribution >= 4 is 16.6 Å². The maximum atomic E-state index is 5.89. The SMILES string of the molecule is Nc1cccc2nc(OCc3ccccc3)ccc12. The van der Waals surface area contributed by atoms with Gasteiger partial charge in [-0.25, -0.2) is 4.98 Å². The molecule has 0 radical (unpaired) electrons. The fraction of sp³-hybridized carbons (Fsp3) is 0.0625. The number of nitrogens with zero attached hydrogens (tertiary/aromatic N) is 1. The van der Waals surface area contributed by atoms with Crippen LogP contribution < -0.4 is 10.5 Å². The van der Waals surface area contributed by atoms with Gasteiger partial charge in [0.05, 0.1) is 5.52 Å². The first-order chi connectivity index (χ1) is 9.33. The van der Waals surface area contributed by atoms with Crippen molar-refractivity contribution in [1.29, 1.82) is 0 Å². The van der Waals surface area contributed by atoms with Gasteiger partial charge in [0.25, 0.3) is 0 Å². The van der Waals surface area contributed by atoms with Crippen LogP contribution in [0, 0.1) is 0 Å². The van der Waals surface area contributed by atoms with Crippen LogP contribution in [-0.4, -0.2) is 4.98 Å². The first-order valence-corrected chi connectivity index (χ1v) is 6.15. The van der Waals surface area contributed by atoms with Crippen molar-refractivity contribution in [2.75, 3.05) is 5.73 Å². The Balaban J connectivity index is 1.82. The van der Waals surface area contributed by atoms with E-state index in [1.54, 1.807) is 0 Å². The number of hydrogen-bond acceptors (Lipinski definition) is 3. The molecule has 0 atom stereocenters. The maximum absolute atomic E-state index is 5.89. The maximum Gasteiger partial charge on any atom is 0.214 e. The normalized spacial score (nSPS) is 10.5. The summed E-state index contributed by atoms with van der Waals surface area (Å²) in [6, 6.07) is 19.5. The summed E-state index contributed by atoms with van der Waals surface area (Å²) in [6.07, 6.45) is 0. The Morgan fingerprint density at radius 1 is 0.895 bits per heavy atom. The molecule has 0 saturated heterocycles. The number of fused-ring (bicyclic) bond motifs is 1. The predicted octanol–water partition coefficient (Wildman–Crippen LogP) is 3.40. The lowest BCUT2D eigenvalue weighted by Crippen LogP contribution is -1.97. The highest BCUT2D eigenvalue weighted by atomic mass is 16.5. The first kappa shape index (κ1) is 11.5. The molecule has 0 aliphatic carbocycles. The highest BCUT2D eigenvalue weighted by Gasteiger charge is 2.02. The third kappa shape index (κ3) is 2.50. The number of nitrogens with two attached hydrogens (primary N) is 1. The van der Waals surface area contributed by atoms with Crippen molar-refractivity contribution in [3.05, 3.63) is 66.2 Å². The number of rotatable bonds is 3. The Bertz CT molecular complexity index is 695. The number of aromatic nitrogens is 1. The van der Waals surface area contributed by atoms with Gasteiger partial charge in [-0.15, -0.1) is 0 Å². The van der Waals surface area contributed by atoms with Gasteiger partial charge in [0.15, 0.2) is 0 Å². The average molecular weight is 250 g/mol. The van der Waals surface area contributed by atoms with Gasteiger partial charge in [-0.3, -0.25) is 0 Å². The van der Waals surface area contributed by atoms with Crippen LogP contribution in [0.5, 0.6) is 5.88 Å². The summed E-state index contributed by atoms with van der Waals surface area (Å²) in [7, 11) is 0. The van der Waals surface area contributed by atoms with Crippen molar-refractivity contribution in [1.82, 2.24) is 4.98 Å². The molecule has 0 spiro atoms. The van der Waals surface area contributed by atoms with E-state index in [4.69, 9.17) is 10.5 Å². The summed E-state index contributed by atoms with van der Waals surface area (Å²) in [5.41, 5.74) is 8.60. The Morgan fingerprint density at radius 2 is 1.74 bits per heavy atom. The Hall–Kier alpha value is -2.55. The first-order valence-electron chi connectivity index (χ1n) is 6.15. The zero-order valence-electron chi connectivity index (χ0n) is 10.4. The predicted molar refractivity (Wildman–Crippen MR) is 76.9 cm³/mol. The van der Waals surface area contributed by atoms with Crippen molar-refractivity contribution in [3.8, 4) is 5.88 Å². The number of hydrogen-bond donors (Lipinski definition) is 1. The van der Waals surface area contributed by atoms with Gasteiger partial charge in [-0.2, -0.15) is 0 Å². The van der Waals surface area contributed by atoms with E-state index in [1.807, 2.05) is 60.7 Å². The van der Waals surface area contributed by atoms with Crippen LogP contribution in [-0.2, 0) is 6.61 Å². The Morgan fingerprint density at radius 3 is 2.58 bits per heavy atom. The van der Waals surface area contributed by atoms with Crippen molar-refractivity contribution in [2.45, 2.75) is 6.61 Å². The standard InChI is InChI=1S/C16H14N2O/c17-14-7-4-8-15-13(14)9-10-16(18-15)19-11-12-5-2-1-3-6-12/h1-10H,11,17H2. The van der Waals surface area contributed by atoms with Crippen molar-refractivity contribution < 1.29 is 4.74 Å². The van der Waals surface area contributed by atoms with Crippen molar-refractivity contribution in [2.24, 2.45) is 0 Å². The monoisotopic (exact) mass is 250 g/mol. The molecule has 0 fully saturated rings. The van der Waals surface area contributed by atoms with Crippen LogP contribution in [0.4, 0.5) is 5.69 Å². The van der Waals surface area contributed by atoms with Gasteiger partial charge in [0, 0.05) is 17.1 Å². The summed E-state index contributed by atoms with van der Waals surface area (Å²) >= 11 is 0. The topological polar surface area (TPSA) is 48.1 Å². The van der Waals surface area contributed by atoms with Crippen LogP contribution in [0.1, 0.15) is 5.56 Å². The van der Waals surface area contributed by atoms with E-state index in [0.717, 1.165) is 22.2 Å². The minimum absolute atomic E-state index is 0.516. The van der Waals surface area contributed by atoms with Crippen LogP contribution in [0.15, 0.2) is 60.7 Å². The molecule has 1 aromatic heterocycles. The molecule has 0 aliphatic heterocycles. The molecule has 2 aromatic carbocycles. The van der Waals surface area contributed by atoms with Crippen LogP contribution >= 0.6 is 0 Å². The third-order valence-electron chi connectivity index (χ3n) is 2.97. The summed E-state index contributed by atoms with van der Waals surface area (Å²) < 4.78 is 5.69. The van der Waals surface area contributed by atoms with Gasteiger partial charge >= 0.3 is 0 Å². The average Bonchev–Trinajstić information content (AvgIpc) is 2.46. The molecule has 0 bridgehead atoms. The second kappa shape index (κ2) is 4.98. The fourth-order valence-corrected chi connectivity index (χ4v) is 1.97. The zero-order valence-corrected chi connectivity index (χ0v) is 10.4. The minimum atomic E-state index is 0.516. The van der Waals surface area contributed by atoms with Gasteiger partial charge in [0.1, 0.15) is 6.61 Å². The number of pyridine rings is 1. The summed E-state index contributed by atoms with van der Waals surface area (Å²) in [5.74, 6) is 0.613. The van der Waals surface area contributed by atoms with E-state index >= 15 is 0 Å². The number of ether oxygens (including phenoxy) is 1. The van der Waals surface area contributed by atoms with Gasteiger partial charge in [0.2, 0.25) is 5.88 Å². The minimum Gasteiger partial charge on any atom is -0.473 e. The molecule has 3 nitrogen and oxygen atoms in total. The number of nitrogen functional groups attached to an aromatic ring is 1. The molecular weight excluding hydrogens is 236 g/mol. The number of benzene rings is 2. The van der Waals surface area contributed by atoms with Crippen LogP contribution in [0.3, 0.4) is 0 Å². The smallest absolute Gasteiger partial charge is 0.214 e. The third-order valence-corrected chi connectivity index (χ3v) is 2.97. The van der Waals surface area contributed by atoms with E-state index < -0.39 is 0 Å². The molecule has 3 rings (SSSR count). The summed E-state index contributed by atoms with van der Waals surface area (Å²) in [6.45, 7) is 0.516. The molecule has 3 aromatic rings. The molecule has 0 saturated carbocycles. The van der Waals surface area contributed by atoms with E-state index in [9.17, 15) is 0 Å². The highest BCUT2D eigenvalue weighted by molar-refractivity contribution is 5.90. The summed E-state index contributed by atoms with van der Waals surface area (Å²) in [5, 5.41) is 0.953. The van der Waals surface area contributed by atoms with E-state index in [1.165, 1.54) is 0 Å². The van der Waals surface area contributed by atoms with Gasteiger partial charge < -0.3 is 10.5 Å². The lowest BCUT2D eigenvalue weighted by Gasteiger charge is -2.07. The van der Waals surface area contributed by atoms with E-state index in [-0.39, 0.29) is 0 Å². The highest BCUT2D eigenvalue weighted by Crippen LogP contribution is 2.22. The lowest BCUT2D eigenvalue weighted by molar-refractivity contribution is 0.295. The molecule has 94 valence electrons. The Kier molecular flexibility index (Phi) is 3.02. The lowest BCUT2D eigenvalue weighted by atomic mass is 10.2. The molecule has 2 N–H and O–H groups in total. The fourth-order valence-electron chi connectivity index (χ4n) is 1.97. The quantitative estimate of drug-likeness (QED) is 0.725. The van der Waals surface area contributed by atoms with Crippen LogP contribution in [0.2, 0.25) is 0 Å². The van der Waals surface area contributed by atoms with Gasteiger partial charge in [-0.1, -0.05) is 36.4 Å². The van der Waals surface area contributed by atoms with Crippen LogP contribution in [0.25, 0.3) is 10.9 Å².